The van der Waals surface area contributed by atoms with Crippen molar-refractivity contribution in [1.29, 1.82) is 0 Å². The Balaban J connectivity index is 1.75. The van der Waals surface area contributed by atoms with Crippen LogP contribution < -0.4 is 0 Å². The number of rotatable bonds is 10. The highest BCUT2D eigenvalue weighted by atomic mass is 35.5. The molecular weight excluding hydrogens is 385 g/mol. The van der Waals surface area contributed by atoms with Crippen molar-refractivity contribution in [2.45, 2.75) is 25.3 Å². The Hall–Kier alpha value is -2.20. The first-order valence-electron chi connectivity index (χ1n) is 10.0. The van der Waals surface area contributed by atoms with Gasteiger partial charge in [-0.1, -0.05) is 78.3 Å². The predicted molar refractivity (Wildman–Crippen MR) is 118 cm³/mol. The highest BCUT2D eigenvalue weighted by Gasteiger charge is 2.18. The zero-order valence-electron chi connectivity index (χ0n) is 16.5. The Morgan fingerprint density at radius 2 is 1.55 bits per heavy atom. The van der Waals surface area contributed by atoms with E-state index in [1.54, 1.807) is 12.1 Å². The molecule has 0 bridgehead atoms. The minimum Gasteiger partial charge on any atom is -0.395 e. The van der Waals surface area contributed by atoms with E-state index >= 15 is 0 Å². The summed E-state index contributed by atoms with van der Waals surface area (Å²) in [5.74, 6) is -0.113. The number of benzene rings is 3. The summed E-state index contributed by atoms with van der Waals surface area (Å²) >= 11 is 6.30. The van der Waals surface area contributed by atoms with E-state index in [1.165, 1.54) is 17.2 Å². The first kappa shape index (κ1) is 21.5. The lowest BCUT2D eigenvalue weighted by atomic mass is 9.89. The summed E-state index contributed by atoms with van der Waals surface area (Å²) in [6.45, 7) is 2.31. The fraction of sp³-hybridized carbons (Fsp3) is 0.280. The number of hydrogen-bond acceptors (Lipinski definition) is 2. The lowest BCUT2D eigenvalue weighted by molar-refractivity contribution is 0.185. The van der Waals surface area contributed by atoms with E-state index in [2.05, 4.69) is 29.2 Å². The Morgan fingerprint density at radius 3 is 2.21 bits per heavy atom. The number of hydrogen-bond donors (Lipinski definition) is 1. The van der Waals surface area contributed by atoms with E-state index < -0.39 is 0 Å². The molecule has 0 heterocycles. The van der Waals surface area contributed by atoms with Crippen LogP contribution in [0.4, 0.5) is 4.39 Å². The Morgan fingerprint density at radius 1 is 0.862 bits per heavy atom. The standard InChI is InChI=1S/C25H27ClFNO/c26-24-12-7-13-25(27)23(24)18-22(21-10-5-2-6-11-21)14-15-28(16-17-29)19-20-8-3-1-4-9-20/h1-13,22,29H,14-19H2/t22-/m0/s1. The van der Waals surface area contributed by atoms with Crippen molar-refractivity contribution >= 4 is 11.6 Å². The lowest BCUT2D eigenvalue weighted by Gasteiger charge is -2.25. The average molecular weight is 412 g/mol. The van der Waals surface area contributed by atoms with Gasteiger partial charge in [0.05, 0.1) is 6.61 Å². The van der Waals surface area contributed by atoms with Crippen LogP contribution in [0.25, 0.3) is 0 Å². The van der Waals surface area contributed by atoms with Gasteiger partial charge in [-0.15, -0.1) is 0 Å². The molecule has 3 aromatic rings. The van der Waals surface area contributed by atoms with Crippen molar-refractivity contribution < 1.29 is 9.50 Å². The molecule has 0 saturated carbocycles. The molecule has 0 aliphatic rings. The van der Waals surface area contributed by atoms with Gasteiger partial charge < -0.3 is 5.11 Å². The highest BCUT2D eigenvalue weighted by molar-refractivity contribution is 6.31. The summed E-state index contributed by atoms with van der Waals surface area (Å²) < 4.78 is 14.4. The summed E-state index contributed by atoms with van der Waals surface area (Å²) in [5, 5.41) is 9.97. The highest BCUT2D eigenvalue weighted by Crippen LogP contribution is 2.29. The van der Waals surface area contributed by atoms with Crippen molar-refractivity contribution in [2.75, 3.05) is 19.7 Å². The molecule has 0 aromatic heterocycles. The van der Waals surface area contributed by atoms with Crippen LogP contribution in [-0.2, 0) is 13.0 Å². The van der Waals surface area contributed by atoms with E-state index in [4.69, 9.17) is 11.6 Å². The maximum atomic E-state index is 14.4. The Kier molecular flexibility index (Phi) is 8.24. The monoisotopic (exact) mass is 411 g/mol. The smallest absolute Gasteiger partial charge is 0.127 e. The molecule has 0 saturated heterocycles. The van der Waals surface area contributed by atoms with Crippen molar-refractivity contribution in [3.63, 3.8) is 0 Å². The molecule has 0 amide bonds. The largest absolute Gasteiger partial charge is 0.395 e. The maximum Gasteiger partial charge on any atom is 0.127 e. The van der Waals surface area contributed by atoms with Gasteiger partial charge in [0, 0.05) is 23.7 Å². The number of aliphatic hydroxyl groups excluding tert-OH is 1. The minimum absolute atomic E-state index is 0.113. The quantitative estimate of drug-likeness (QED) is 0.463. The number of halogens is 2. The molecule has 2 nitrogen and oxygen atoms in total. The molecule has 0 unspecified atom stereocenters. The van der Waals surface area contributed by atoms with Crippen LogP contribution in [0.2, 0.25) is 5.02 Å². The molecule has 3 aromatic carbocycles. The Labute approximate surface area is 177 Å². The van der Waals surface area contributed by atoms with Gasteiger partial charge in [-0.05, 0) is 48.6 Å². The van der Waals surface area contributed by atoms with Crippen molar-refractivity contribution in [2.24, 2.45) is 0 Å². The summed E-state index contributed by atoms with van der Waals surface area (Å²) in [6, 6.07) is 25.3. The first-order valence-corrected chi connectivity index (χ1v) is 10.4. The van der Waals surface area contributed by atoms with Gasteiger partial charge >= 0.3 is 0 Å². The molecule has 0 aliphatic carbocycles. The van der Waals surface area contributed by atoms with Gasteiger partial charge in [-0.2, -0.15) is 0 Å². The molecule has 3 rings (SSSR count). The third-order valence-electron chi connectivity index (χ3n) is 5.24. The summed E-state index contributed by atoms with van der Waals surface area (Å²) in [4.78, 5) is 2.24. The van der Waals surface area contributed by atoms with Crippen LogP contribution in [0.5, 0.6) is 0 Å². The van der Waals surface area contributed by atoms with Crippen LogP contribution in [0.15, 0.2) is 78.9 Å². The summed E-state index contributed by atoms with van der Waals surface area (Å²) in [7, 11) is 0. The van der Waals surface area contributed by atoms with Gasteiger partial charge in [-0.25, -0.2) is 4.39 Å². The molecule has 29 heavy (non-hydrogen) atoms. The summed E-state index contributed by atoms with van der Waals surface area (Å²) in [5.41, 5.74) is 2.96. The molecule has 4 heteroatoms. The van der Waals surface area contributed by atoms with E-state index in [1.807, 2.05) is 36.4 Å². The molecule has 0 radical (unpaired) electrons. The van der Waals surface area contributed by atoms with Crippen molar-refractivity contribution in [3.8, 4) is 0 Å². The van der Waals surface area contributed by atoms with E-state index in [-0.39, 0.29) is 18.3 Å². The van der Waals surface area contributed by atoms with E-state index in [0.29, 0.717) is 23.6 Å². The zero-order chi connectivity index (χ0) is 20.5. The molecular formula is C25H27ClFNO. The van der Waals surface area contributed by atoms with Crippen LogP contribution in [0.3, 0.4) is 0 Å². The van der Waals surface area contributed by atoms with Crippen LogP contribution >= 0.6 is 11.6 Å². The second-order valence-electron chi connectivity index (χ2n) is 7.29. The SMILES string of the molecule is OCCN(CC[C@@H](Cc1c(F)cccc1Cl)c1ccccc1)Cc1ccccc1. The minimum atomic E-state index is -0.255. The van der Waals surface area contributed by atoms with Crippen LogP contribution in [0, 0.1) is 5.82 Å². The Bertz CT molecular complexity index is 852. The zero-order valence-corrected chi connectivity index (χ0v) is 17.2. The molecule has 0 fully saturated rings. The molecule has 0 spiro atoms. The van der Waals surface area contributed by atoms with Gasteiger partial charge in [0.25, 0.3) is 0 Å². The predicted octanol–water partition coefficient (Wildman–Crippen LogP) is 5.69. The third-order valence-corrected chi connectivity index (χ3v) is 5.60. The fourth-order valence-electron chi connectivity index (χ4n) is 3.68. The average Bonchev–Trinajstić information content (AvgIpc) is 2.74. The van der Waals surface area contributed by atoms with Crippen LogP contribution in [0.1, 0.15) is 29.0 Å². The summed E-state index contributed by atoms with van der Waals surface area (Å²) in [6.07, 6.45) is 1.40. The van der Waals surface area contributed by atoms with E-state index in [0.717, 1.165) is 19.5 Å². The first-order chi connectivity index (χ1) is 14.2. The van der Waals surface area contributed by atoms with E-state index in [9.17, 15) is 9.50 Å². The van der Waals surface area contributed by atoms with Crippen molar-refractivity contribution in [3.05, 3.63) is 106 Å². The molecule has 152 valence electrons. The number of nitrogens with zero attached hydrogens (tertiary/aromatic N) is 1. The normalized spacial score (nSPS) is 12.3. The van der Waals surface area contributed by atoms with Gasteiger partial charge in [0.2, 0.25) is 0 Å². The molecule has 1 atom stereocenters. The van der Waals surface area contributed by atoms with Gasteiger partial charge in [0.15, 0.2) is 0 Å². The molecule has 0 aliphatic heterocycles. The third kappa shape index (κ3) is 6.40. The maximum absolute atomic E-state index is 14.4. The fourth-order valence-corrected chi connectivity index (χ4v) is 3.92. The van der Waals surface area contributed by atoms with Gasteiger partial charge in [0.1, 0.15) is 5.82 Å². The van der Waals surface area contributed by atoms with Crippen molar-refractivity contribution in [1.82, 2.24) is 4.90 Å². The number of aliphatic hydroxyl groups is 1. The topological polar surface area (TPSA) is 23.5 Å². The lowest BCUT2D eigenvalue weighted by Crippen LogP contribution is -2.29. The van der Waals surface area contributed by atoms with Crippen LogP contribution in [-0.4, -0.2) is 29.7 Å². The second kappa shape index (κ2) is 11.1. The van der Waals surface area contributed by atoms with Gasteiger partial charge in [-0.3, -0.25) is 4.90 Å². The second-order valence-corrected chi connectivity index (χ2v) is 7.69. The molecule has 1 N–H and O–H groups in total.